The Labute approximate surface area is 127 Å². The molecule has 1 aliphatic heterocycles. The van der Waals surface area contributed by atoms with Crippen molar-refractivity contribution < 1.29 is 19.8 Å². The van der Waals surface area contributed by atoms with Gasteiger partial charge >= 0.3 is 5.97 Å². The van der Waals surface area contributed by atoms with Gasteiger partial charge in [-0.25, -0.2) is 9.78 Å². The summed E-state index contributed by atoms with van der Waals surface area (Å²) in [5.41, 5.74) is 0.955. The van der Waals surface area contributed by atoms with E-state index in [-0.39, 0.29) is 24.0 Å². The summed E-state index contributed by atoms with van der Waals surface area (Å²) in [7, 11) is 0. The Bertz CT molecular complexity index is 576. The summed E-state index contributed by atoms with van der Waals surface area (Å²) < 4.78 is 0. The second kappa shape index (κ2) is 5.99. The van der Waals surface area contributed by atoms with Gasteiger partial charge in [0.2, 0.25) is 0 Å². The van der Waals surface area contributed by atoms with E-state index in [0.717, 1.165) is 0 Å². The molecule has 1 fully saturated rings. The summed E-state index contributed by atoms with van der Waals surface area (Å²) in [4.78, 5) is 29.0. The Morgan fingerprint density at radius 2 is 2.10 bits per heavy atom. The molecule has 2 rings (SSSR count). The van der Waals surface area contributed by atoms with Gasteiger partial charge in [0, 0.05) is 24.2 Å². The monoisotopic (exact) mass is 312 g/mol. The summed E-state index contributed by atoms with van der Waals surface area (Å²) in [6, 6.07) is 2.02. The van der Waals surface area contributed by atoms with Crippen molar-refractivity contribution in [3.8, 4) is 0 Å². The van der Waals surface area contributed by atoms with Crippen LogP contribution in [0.4, 0.5) is 0 Å². The third-order valence-electron chi connectivity index (χ3n) is 3.48. The fraction of sp³-hybridized carbons (Fsp3) is 0.500. The van der Waals surface area contributed by atoms with Crippen molar-refractivity contribution in [2.24, 2.45) is 0 Å². The van der Waals surface area contributed by atoms with E-state index in [0.29, 0.717) is 11.3 Å². The fourth-order valence-electron chi connectivity index (χ4n) is 2.37. The summed E-state index contributed by atoms with van der Waals surface area (Å²) in [6.45, 7) is 3.85. The van der Waals surface area contributed by atoms with Crippen LogP contribution in [0.2, 0.25) is 5.15 Å². The molecule has 0 aliphatic carbocycles. The molecule has 2 N–H and O–H groups in total. The highest BCUT2D eigenvalue weighted by molar-refractivity contribution is 6.29. The van der Waals surface area contributed by atoms with Gasteiger partial charge in [0.25, 0.3) is 5.91 Å². The summed E-state index contributed by atoms with van der Waals surface area (Å²) in [5.74, 6) is -1.48. The first kappa shape index (κ1) is 15.7. The zero-order valence-electron chi connectivity index (χ0n) is 11.8. The van der Waals surface area contributed by atoms with E-state index in [1.165, 1.54) is 11.0 Å². The van der Waals surface area contributed by atoms with Gasteiger partial charge < -0.3 is 15.1 Å². The highest BCUT2D eigenvalue weighted by Gasteiger charge is 2.39. The lowest BCUT2D eigenvalue weighted by Gasteiger charge is -2.21. The molecule has 6 nitrogen and oxygen atoms in total. The minimum absolute atomic E-state index is 0.00670. The van der Waals surface area contributed by atoms with Crippen LogP contribution < -0.4 is 0 Å². The lowest BCUT2D eigenvalue weighted by Crippen LogP contribution is -2.40. The molecule has 7 heteroatoms. The summed E-state index contributed by atoms with van der Waals surface area (Å²) in [5, 5.41) is 19.0. The van der Waals surface area contributed by atoms with Gasteiger partial charge in [0.05, 0.1) is 6.10 Å². The Kier molecular flexibility index (Phi) is 4.49. The van der Waals surface area contributed by atoms with Gasteiger partial charge in [0.1, 0.15) is 11.2 Å². The largest absolute Gasteiger partial charge is 0.480 e. The van der Waals surface area contributed by atoms with E-state index >= 15 is 0 Å². The molecular weight excluding hydrogens is 296 g/mol. The van der Waals surface area contributed by atoms with Crippen LogP contribution in [0, 0.1) is 0 Å². The average Bonchev–Trinajstić information content (AvgIpc) is 2.79. The lowest BCUT2D eigenvalue weighted by atomic mass is 10.1. The van der Waals surface area contributed by atoms with E-state index in [1.54, 1.807) is 6.07 Å². The maximum absolute atomic E-state index is 12.5. The number of halogens is 1. The molecule has 2 heterocycles. The number of aliphatic carboxylic acids is 1. The zero-order chi connectivity index (χ0) is 15.7. The third kappa shape index (κ3) is 3.33. The summed E-state index contributed by atoms with van der Waals surface area (Å²) in [6.07, 6.45) is -0.784. The number of likely N-dealkylation sites (tertiary alicyclic amines) is 1. The van der Waals surface area contributed by atoms with Crippen LogP contribution in [0.3, 0.4) is 0 Å². The first-order valence-corrected chi connectivity index (χ1v) is 7.06. The van der Waals surface area contributed by atoms with Crippen LogP contribution in [0.25, 0.3) is 0 Å². The van der Waals surface area contributed by atoms with E-state index in [1.807, 2.05) is 13.8 Å². The average molecular weight is 313 g/mol. The highest BCUT2D eigenvalue weighted by Crippen LogP contribution is 2.24. The van der Waals surface area contributed by atoms with Crippen LogP contribution in [0.15, 0.2) is 12.1 Å². The first-order valence-electron chi connectivity index (χ1n) is 6.69. The van der Waals surface area contributed by atoms with Crippen molar-refractivity contribution in [1.82, 2.24) is 9.88 Å². The number of nitrogens with zero attached hydrogens (tertiary/aromatic N) is 2. The lowest BCUT2D eigenvalue weighted by molar-refractivity contribution is -0.141. The van der Waals surface area contributed by atoms with Crippen molar-refractivity contribution >= 4 is 23.5 Å². The molecule has 1 aliphatic rings. The molecule has 2 atom stereocenters. The van der Waals surface area contributed by atoms with Crippen LogP contribution in [-0.4, -0.2) is 50.7 Å². The van der Waals surface area contributed by atoms with Gasteiger partial charge in [-0.2, -0.15) is 0 Å². The maximum atomic E-state index is 12.5. The van der Waals surface area contributed by atoms with E-state index in [9.17, 15) is 14.7 Å². The number of amides is 1. The SMILES string of the molecule is CC(C)c1cc(C(=O)N2CC(O)C[C@H]2C(=O)O)cc(Cl)n1. The molecule has 1 aromatic rings. The molecule has 1 aromatic heterocycles. The Morgan fingerprint density at radius 1 is 1.43 bits per heavy atom. The molecule has 0 bridgehead atoms. The van der Waals surface area contributed by atoms with Crippen LogP contribution in [-0.2, 0) is 4.79 Å². The molecule has 21 heavy (non-hydrogen) atoms. The zero-order valence-corrected chi connectivity index (χ0v) is 12.5. The van der Waals surface area contributed by atoms with Crippen molar-refractivity contribution in [3.05, 3.63) is 28.5 Å². The predicted molar refractivity (Wildman–Crippen MR) is 76.4 cm³/mol. The van der Waals surface area contributed by atoms with Crippen LogP contribution >= 0.6 is 11.6 Å². The Balaban J connectivity index is 2.33. The quantitative estimate of drug-likeness (QED) is 0.826. The van der Waals surface area contributed by atoms with Gasteiger partial charge in [0.15, 0.2) is 0 Å². The number of aliphatic hydroxyl groups is 1. The van der Waals surface area contributed by atoms with E-state index < -0.39 is 24.0 Å². The molecule has 0 aromatic carbocycles. The number of hydrogen-bond acceptors (Lipinski definition) is 4. The standard InChI is InChI=1S/C14H17ClN2O4/c1-7(2)10-3-8(4-12(15)16-10)13(19)17-6-9(18)5-11(17)14(20)21/h3-4,7,9,11,18H,5-6H2,1-2H3,(H,20,21)/t9?,11-/m0/s1. The number of rotatable bonds is 3. The number of carbonyl (C=O) groups excluding carboxylic acids is 1. The van der Waals surface area contributed by atoms with Crippen LogP contribution in [0.5, 0.6) is 0 Å². The summed E-state index contributed by atoms with van der Waals surface area (Å²) >= 11 is 5.92. The molecule has 1 saturated heterocycles. The number of aliphatic hydroxyl groups excluding tert-OH is 1. The predicted octanol–water partition coefficient (Wildman–Crippen LogP) is 1.52. The first-order chi connectivity index (χ1) is 9.79. The molecule has 0 radical (unpaired) electrons. The topological polar surface area (TPSA) is 90.7 Å². The minimum atomic E-state index is -1.12. The number of pyridine rings is 1. The number of β-amino-alcohol motifs (C(OH)–C–C–N with tert-alkyl or cyclic N) is 1. The van der Waals surface area contributed by atoms with Gasteiger partial charge in [-0.05, 0) is 18.1 Å². The number of carboxylic acid groups (broad SMARTS) is 1. The van der Waals surface area contributed by atoms with Crippen molar-refractivity contribution in [3.63, 3.8) is 0 Å². The van der Waals surface area contributed by atoms with Crippen molar-refractivity contribution in [2.45, 2.75) is 38.3 Å². The molecule has 1 amide bonds. The van der Waals surface area contributed by atoms with Crippen molar-refractivity contribution in [1.29, 1.82) is 0 Å². The highest BCUT2D eigenvalue weighted by atomic mass is 35.5. The molecular formula is C14H17ClN2O4. The number of aromatic nitrogens is 1. The van der Waals surface area contributed by atoms with E-state index in [4.69, 9.17) is 16.7 Å². The number of carboxylic acids is 1. The molecule has 0 saturated carbocycles. The van der Waals surface area contributed by atoms with Crippen LogP contribution in [0.1, 0.15) is 42.2 Å². The second-order valence-corrected chi connectivity index (χ2v) is 5.85. The smallest absolute Gasteiger partial charge is 0.326 e. The molecule has 0 spiro atoms. The number of carbonyl (C=O) groups is 2. The van der Waals surface area contributed by atoms with Gasteiger partial charge in [-0.1, -0.05) is 25.4 Å². The van der Waals surface area contributed by atoms with E-state index in [2.05, 4.69) is 4.98 Å². The second-order valence-electron chi connectivity index (χ2n) is 5.46. The number of hydrogen-bond donors (Lipinski definition) is 2. The van der Waals surface area contributed by atoms with Gasteiger partial charge in [-0.15, -0.1) is 0 Å². The Hall–Kier alpha value is -1.66. The fourth-order valence-corrected chi connectivity index (χ4v) is 2.59. The minimum Gasteiger partial charge on any atom is -0.480 e. The molecule has 114 valence electrons. The van der Waals surface area contributed by atoms with Crippen molar-refractivity contribution in [2.75, 3.05) is 6.54 Å². The maximum Gasteiger partial charge on any atom is 0.326 e. The normalized spacial score (nSPS) is 21.9. The third-order valence-corrected chi connectivity index (χ3v) is 3.67. The van der Waals surface area contributed by atoms with Gasteiger partial charge in [-0.3, -0.25) is 4.79 Å². The molecule has 1 unspecified atom stereocenters. The Morgan fingerprint density at radius 3 is 2.67 bits per heavy atom.